The molecule has 1 amide bonds. The molecule has 0 spiro atoms. The highest BCUT2D eigenvalue weighted by molar-refractivity contribution is 7.98. The average Bonchev–Trinajstić information content (AvgIpc) is 2.60. The molecular formula is C18H24N4O2S. The molecule has 0 fully saturated rings. The standard InChI is InChI=1S/C18H24N4O2S/c1-5-24-17-14(7-6-10-19-17)11-20-16(23)9-8-15-12(2)21-18(25-4)22-13(15)3/h6-7,10H,5,8-9,11H2,1-4H3,(H,20,23). The van der Waals surface area contributed by atoms with Crippen molar-refractivity contribution in [3.63, 3.8) is 0 Å². The van der Waals surface area contributed by atoms with Crippen molar-refractivity contribution in [1.82, 2.24) is 20.3 Å². The molecule has 2 aromatic rings. The van der Waals surface area contributed by atoms with Crippen molar-refractivity contribution >= 4 is 17.7 Å². The van der Waals surface area contributed by atoms with Crippen LogP contribution in [0.2, 0.25) is 0 Å². The molecule has 0 aliphatic heterocycles. The van der Waals surface area contributed by atoms with Gasteiger partial charge in [-0.05, 0) is 45.1 Å². The summed E-state index contributed by atoms with van der Waals surface area (Å²) < 4.78 is 5.47. The van der Waals surface area contributed by atoms with Crippen LogP contribution in [-0.2, 0) is 17.8 Å². The molecule has 0 atom stereocenters. The van der Waals surface area contributed by atoms with Gasteiger partial charge in [-0.15, -0.1) is 0 Å². The molecule has 0 aliphatic rings. The van der Waals surface area contributed by atoms with Gasteiger partial charge in [0, 0.05) is 36.1 Å². The third-order valence-electron chi connectivity index (χ3n) is 3.79. The fourth-order valence-electron chi connectivity index (χ4n) is 2.51. The van der Waals surface area contributed by atoms with E-state index in [9.17, 15) is 4.79 Å². The van der Waals surface area contributed by atoms with Gasteiger partial charge in [0.05, 0.1) is 6.61 Å². The predicted molar refractivity (Wildman–Crippen MR) is 98.9 cm³/mol. The second-order valence-corrected chi connectivity index (χ2v) is 6.31. The number of hydrogen-bond donors (Lipinski definition) is 1. The molecular weight excluding hydrogens is 336 g/mol. The van der Waals surface area contributed by atoms with Gasteiger partial charge in [0.1, 0.15) is 0 Å². The van der Waals surface area contributed by atoms with Gasteiger partial charge in [-0.25, -0.2) is 15.0 Å². The Bertz CT molecular complexity index is 714. The number of nitrogens with one attached hydrogen (secondary N) is 1. The first kappa shape index (κ1) is 19.2. The van der Waals surface area contributed by atoms with Crippen LogP contribution in [0.4, 0.5) is 0 Å². The highest BCUT2D eigenvalue weighted by Crippen LogP contribution is 2.17. The minimum atomic E-state index is -0.0148. The number of thioether (sulfide) groups is 1. The fraction of sp³-hybridized carbons (Fsp3) is 0.444. The van der Waals surface area contributed by atoms with Crippen LogP contribution < -0.4 is 10.1 Å². The lowest BCUT2D eigenvalue weighted by Gasteiger charge is -2.11. The highest BCUT2D eigenvalue weighted by atomic mass is 32.2. The molecule has 0 radical (unpaired) electrons. The molecule has 0 aromatic carbocycles. The summed E-state index contributed by atoms with van der Waals surface area (Å²) >= 11 is 1.52. The smallest absolute Gasteiger partial charge is 0.220 e. The summed E-state index contributed by atoms with van der Waals surface area (Å²) in [5.41, 5.74) is 3.80. The van der Waals surface area contributed by atoms with Crippen LogP contribution in [0.15, 0.2) is 23.5 Å². The van der Waals surface area contributed by atoms with Crippen LogP contribution in [0.5, 0.6) is 5.88 Å². The first-order valence-electron chi connectivity index (χ1n) is 8.26. The summed E-state index contributed by atoms with van der Waals surface area (Å²) in [5.74, 6) is 0.553. The number of carbonyl (C=O) groups excluding carboxylic acids is 1. The number of amides is 1. The van der Waals surface area contributed by atoms with E-state index in [4.69, 9.17) is 4.74 Å². The maximum absolute atomic E-state index is 12.2. The van der Waals surface area contributed by atoms with Crippen molar-refractivity contribution in [3.8, 4) is 5.88 Å². The van der Waals surface area contributed by atoms with Gasteiger partial charge in [0.2, 0.25) is 11.8 Å². The molecule has 7 heteroatoms. The molecule has 0 aliphatic carbocycles. The third kappa shape index (κ3) is 5.42. The molecule has 2 rings (SSSR count). The number of nitrogens with zero attached hydrogens (tertiary/aromatic N) is 3. The van der Waals surface area contributed by atoms with Crippen LogP contribution in [0, 0.1) is 13.8 Å². The molecule has 0 unspecified atom stereocenters. The van der Waals surface area contributed by atoms with Gasteiger partial charge in [0.15, 0.2) is 5.16 Å². The van der Waals surface area contributed by atoms with E-state index < -0.39 is 0 Å². The van der Waals surface area contributed by atoms with Crippen molar-refractivity contribution in [3.05, 3.63) is 40.8 Å². The first-order chi connectivity index (χ1) is 12.0. The summed E-state index contributed by atoms with van der Waals surface area (Å²) in [6.45, 7) is 6.79. The maximum atomic E-state index is 12.2. The number of aromatic nitrogens is 3. The number of carbonyl (C=O) groups is 1. The van der Waals surface area contributed by atoms with Crippen molar-refractivity contribution < 1.29 is 9.53 Å². The summed E-state index contributed by atoms with van der Waals surface area (Å²) in [6.07, 6.45) is 4.66. The summed E-state index contributed by atoms with van der Waals surface area (Å²) in [6, 6.07) is 3.74. The number of ether oxygens (including phenoxy) is 1. The molecule has 0 bridgehead atoms. The van der Waals surface area contributed by atoms with Gasteiger partial charge in [-0.1, -0.05) is 17.8 Å². The predicted octanol–water partition coefficient (Wildman–Crippen LogP) is 2.86. The number of rotatable bonds is 8. The largest absolute Gasteiger partial charge is 0.478 e. The SMILES string of the molecule is CCOc1ncccc1CNC(=O)CCc1c(C)nc(SC)nc1C. The zero-order valence-corrected chi connectivity index (χ0v) is 15.9. The maximum Gasteiger partial charge on any atom is 0.220 e. The topological polar surface area (TPSA) is 77.0 Å². The Balaban J connectivity index is 1.92. The van der Waals surface area contributed by atoms with Gasteiger partial charge in [-0.3, -0.25) is 4.79 Å². The molecule has 134 valence electrons. The lowest BCUT2D eigenvalue weighted by atomic mass is 10.1. The minimum Gasteiger partial charge on any atom is -0.478 e. The molecule has 25 heavy (non-hydrogen) atoms. The quantitative estimate of drug-likeness (QED) is 0.576. The van der Waals surface area contributed by atoms with Gasteiger partial charge in [0.25, 0.3) is 0 Å². The van der Waals surface area contributed by atoms with E-state index in [0.717, 1.165) is 27.7 Å². The van der Waals surface area contributed by atoms with Crippen molar-refractivity contribution in [2.24, 2.45) is 0 Å². The normalized spacial score (nSPS) is 10.6. The van der Waals surface area contributed by atoms with Crippen LogP contribution in [0.3, 0.4) is 0 Å². The zero-order valence-electron chi connectivity index (χ0n) is 15.1. The second-order valence-electron chi connectivity index (χ2n) is 5.54. The second kappa shape index (κ2) is 9.36. The van der Waals surface area contributed by atoms with E-state index >= 15 is 0 Å². The summed E-state index contributed by atoms with van der Waals surface area (Å²) in [5, 5.41) is 3.69. The Morgan fingerprint density at radius 1 is 1.28 bits per heavy atom. The van der Waals surface area contributed by atoms with E-state index in [0.29, 0.717) is 31.9 Å². The number of aryl methyl sites for hydroxylation is 2. The highest BCUT2D eigenvalue weighted by Gasteiger charge is 2.11. The van der Waals surface area contributed by atoms with Gasteiger partial charge in [-0.2, -0.15) is 0 Å². The van der Waals surface area contributed by atoms with Crippen LogP contribution >= 0.6 is 11.8 Å². The van der Waals surface area contributed by atoms with Gasteiger partial charge >= 0.3 is 0 Å². The van der Waals surface area contributed by atoms with Crippen molar-refractivity contribution in [2.75, 3.05) is 12.9 Å². The van der Waals surface area contributed by atoms with Crippen molar-refractivity contribution in [1.29, 1.82) is 0 Å². The Kier molecular flexibility index (Phi) is 7.18. The Morgan fingerprint density at radius 2 is 2.00 bits per heavy atom. The molecule has 6 nitrogen and oxygen atoms in total. The lowest BCUT2D eigenvalue weighted by Crippen LogP contribution is -2.24. The molecule has 2 aromatic heterocycles. The number of pyridine rings is 1. The first-order valence-corrected chi connectivity index (χ1v) is 9.49. The summed E-state index contributed by atoms with van der Waals surface area (Å²) in [7, 11) is 0. The van der Waals surface area contributed by atoms with E-state index in [2.05, 4.69) is 20.3 Å². The fourth-order valence-corrected chi connectivity index (χ4v) is 2.96. The molecule has 0 saturated heterocycles. The van der Waals surface area contributed by atoms with Crippen LogP contribution in [0.1, 0.15) is 35.9 Å². The molecule has 0 saturated carbocycles. The Hall–Kier alpha value is -2.15. The van der Waals surface area contributed by atoms with Crippen LogP contribution in [-0.4, -0.2) is 33.7 Å². The summed E-state index contributed by atoms with van der Waals surface area (Å²) in [4.78, 5) is 25.3. The monoisotopic (exact) mass is 360 g/mol. The average molecular weight is 360 g/mol. The number of hydrogen-bond acceptors (Lipinski definition) is 6. The molecule has 1 N–H and O–H groups in total. The van der Waals surface area contributed by atoms with E-state index in [1.165, 1.54) is 11.8 Å². The molecule has 2 heterocycles. The Labute approximate surface area is 152 Å². The van der Waals surface area contributed by atoms with E-state index in [1.807, 2.05) is 39.2 Å². The van der Waals surface area contributed by atoms with Crippen LogP contribution in [0.25, 0.3) is 0 Å². The van der Waals surface area contributed by atoms with Crippen molar-refractivity contribution in [2.45, 2.75) is 45.3 Å². The Morgan fingerprint density at radius 3 is 2.64 bits per heavy atom. The zero-order chi connectivity index (χ0) is 18.2. The third-order valence-corrected chi connectivity index (χ3v) is 4.34. The minimum absolute atomic E-state index is 0.0148. The van der Waals surface area contributed by atoms with E-state index in [-0.39, 0.29) is 5.91 Å². The lowest BCUT2D eigenvalue weighted by molar-refractivity contribution is -0.121. The van der Waals surface area contributed by atoms with E-state index in [1.54, 1.807) is 6.20 Å². The van der Waals surface area contributed by atoms with Gasteiger partial charge < -0.3 is 10.1 Å².